The first-order chi connectivity index (χ1) is 8.95. The quantitative estimate of drug-likeness (QED) is 0.851. The zero-order valence-electron chi connectivity index (χ0n) is 11.5. The van der Waals surface area contributed by atoms with E-state index in [-0.39, 0.29) is 24.4 Å². The molecule has 2 unspecified atom stereocenters. The number of rotatable bonds is 3. The maximum atomic E-state index is 12.5. The Bertz CT molecular complexity index is 474. The number of hydrogen-bond donors (Lipinski definition) is 2. The molecule has 0 aromatic carbocycles. The second-order valence-corrected chi connectivity index (χ2v) is 6.10. The van der Waals surface area contributed by atoms with Crippen LogP contribution in [0.3, 0.4) is 0 Å². The molecule has 2 atom stereocenters. The number of anilines is 2. The summed E-state index contributed by atoms with van der Waals surface area (Å²) < 4.78 is 0. The Morgan fingerprint density at radius 1 is 1.63 bits per heavy atom. The fraction of sp³-hybridized carbons (Fsp3) is 0.667. The summed E-state index contributed by atoms with van der Waals surface area (Å²) in [6.45, 7) is 2.71. The fourth-order valence-electron chi connectivity index (χ4n) is 2.33. The van der Waals surface area contributed by atoms with Crippen molar-refractivity contribution in [2.24, 2.45) is 5.92 Å². The summed E-state index contributed by atoms with van der Waals surface area (Å²) in [6.07, 6.45) is 0.913. The van der Waals surface area contributed by atoms with Crippen LogP contribution in [0.2, 0.25) is 0 Å². The monoisotopic (exact) mass is 284 g/mol. The fourth-order valence-corrected chi connectivity index (χ4v) is 3.20. The molecule has 1 aliphatic heterocycles. The van der Waals surface area contributed by atoms with Gasteiger partial charge in [-0.15, -0.1) is 0 Å². The van der Waals surface area contributed by atoms with Gasteiger partial charge in [-0.2, -0.15) is 0 Å². The number of nitrogen functional groups attached to an aromatic ring is 1. The molecule has 1 amide bonds. The minimum absolute atomic E-state index is 0.00778. The van der Waals surface area contributed by atoms with Crippen molar-refractivity contribution in [3.05, 3.63) is 4.88 Å². The van der Waals surface area contributed by atoms with Gasteiger partial charge >= 0.3 is 0 Å². The van der Waals surface area contributed by atoms with Crippen LogP contribution in [0.5, 0.6) is 0 Å². The van der Waals surface area contributed by atoms with E-state index in [1.54, 1.807) is 4.90 Å². The topological polar surface area (TPSA) is 82.7 Å². The molecule has 6 nitrogen and oxygen atoms in total. The molecule has 0 spiro atoms. The first-order valence-electron chi connectivity index (χ1n) is 6.31. The van der Waals surface area contributed by atoms with Crippen molar-refractivity contribution in [2.45, 2.75) is 19.4 Å². The molecular formula is C12H20N4O2S. The van der Waals surface area contributed by atoms with Crippen molar-refractivity contribution in [1.82, 2.24) is 9.88 Å². The van der Waals surface area contributed by atoms with E-state index in [0.717, 1.165) is 6.42 Å². The van der Waals surface area contributed by atoms with Gasteiger partial charge in [-0.25, -0.2) is 4.98 Å². The molecule has 0 radical (unpaired) electrons. The molecule has 2 heterocycles. The number of carbonyl (C=O) groups is 1. The van der Waals surface area contributed by atoms with Crippen molar-refractivity contribution in [1.29, 1.82) is 0 Å². The van der Waals surface area contributed by atoms with Crippen LogP contribution in [-0.4, -0.2) is 54.2 Å². The molecule has 7 heteroatoms. The predicted molar refractivity (Wildman–Crippen MR) is 76.5 cm³/mol. The van der Waals surface area contributed by atoms with Gasteiger partial charge in [0.25, 0.3) is 5.91 Å². The second-order valence-electron chi connectivity index (χ2n) is 5.12. The lowest BCUT2D eigenvalue weighted by Gasteiger charge is -2.24. The second kappa shape index (κ2) is 5.34. The largest absolute Gasteiger partial charge is 0.394 e. The van der Waals surface area contributed by atoms with Crippen molar-refractivity contribution < 1.29 is 9.90 Å². The van der Waals surface area contributed by atoms with Gasteiger partial charge in [0.2, 0.25) is 0 Å². The summed E-state index contributed by atoms with van der Waals surface area (Å²) in [5.41, 5.74) is 5.83. The smallest absolute Gasteiger partial charge is 0.268 e. The van der Waals surface area contributed by atoms with Gasteiger partial charge in [-0.3, -0.25) is 4.79 Å². The maximum absolute atomic E-state index is 12.5. The Morgan fingerprint density at radius 3 is 2.84 bits per heavy atom. The molecule has 0 saturated carbocycles. The summed E-state index contributed by atoms with van der Waals surface area (Å²) in [7, 11) is 3.72. The molecule has 1 aliphatic rings. The number of aliphatic hydroxyl groups is 1. The molecule has 1 aromatic rings. The third-order valence-corrected chi connectivity index (χ3v) is 4.78. The molecule has 0 bridgehead atoms. The molecule has 1 aromatic heterocycles. The molecule has 2 rings (SSSR count). The normalized spacial score (nSPS) is 22.8. The summed E-state index contributed by atoms with van der Waals surface area (Å²) in [4.78, 5) is 20.7. The van der Waals surface area contributed by atoms with Crippen LogP contribution in [0.1, 0.15) is 23.0 Å². The van der Waals surface area contributed by atoms with E-state index in [1.165, 1.54) is 11.3 Å². The summed E-state index contributed by atoms with van der Waals surface area (Å²) in [5, 5.41) is 10.1. The Kier molecular flexibility index (Phi) is 3.96. The van der Waals surface area contributed by atoms with Crippen LogP contribution in [-0.2, 0) is 0 Å². The first kappa shape index (κ1) is 14.1. The van der Waals surface area contributed by atoms with Gasteiger partial charge in [0.1, 0.15) is 10.7 Å². The highest BCUT2D eigenvalue weighted by molar-refractivity contribution is 7.18. The van der Waals surface area contributed by atoms with Crippen LogP contribution in [0, 0.1) is 5.92 Å². The van der Waals surface area contributed by atoms with E-state index in [0.29, 0.717) is 22.5 Å². The summed E-state index contributed by atoms with van der Waals surface area (Å²) in [6, 6.07) is -0.114. The van der Waals surface area contributed by atoms with Gasteiger partial charge in [0, 0.05) is 20.6 Å². The van der Waals surface area contributed by atoms with Gasteiger partial charge in [-0.05, 0) is 12.3 Å². The summed E-state index contributed by atoms with van der Waals surface area (Å²) >= 11 is 1.29. The van der Waals surface area contributed by atoms with E-state index in [2.05, 4.69) is 11.9 Å². The molecule has 0 aliphatic carbocycles. The van der Waals surface area contributed by atoms with E-state index >= 15 is 0 Å². The van der Waals surface area contributed by atoms with Crippen LogP contribution in [0.25, 0.3) is 0 Å². The summed E-state index contributed by atoms with van der Waals surface area (Å²) in [5.74, 6) is 0.470. The standard InChI is InChI=1S/C12H20N4O2S/c1-7-4-5-16(8(7)6-17)11(18)9-10(13)14-12(19-9)15(2)3/h7-8,17H,4-6,13H2,1-3H3. The Morgan fingerprint density at radius 2 is 2.32 bits per heavy atom. The zero-order chi connectivity index (χ0) is 14.2. The number of amides is 1. The highest BCUT2D eigenvalue weighted by Crippen LogP contribution is 2.31. The van der Waals surface area contributed by atoms with Crippen LogP contribution < -0.4 is 10.6 Å². The van der Waals surface area contributed by atoms with E-state index in [9.17, 15) is 9.90 Å². The van der Waals surface area contributed by atoms with Crippen molar-refractivity contribution in [2.75, 3.05) is 37.9 Å². The van der Waals surface area contributed by atoms with E-state index in [1.807, 2.05) is 19.0 Å². The van der Waals surface area contributed by atoms with Crippen LogP contribution >= 0.6 is 11.3 Å². The van der Waals surface area contributed by atoms with Gasteiger partial charge in [-0.1, -0.05) is 18.3 Å². The van der Waals surface area contributed by atoms with Crippen molar-refractivity contribution in [3.63, 3.8) is 0 Å². The number of aromatic nitrogens is 1. The van der Waals surface area contributed by atoms with Crippen LogP contribution in [0.15, 0.2) is 0 Å². The minimum Gasteiger partial charge on any atom is -0.394 e. The Labute approximate surface area is 116 Å². The lowest BCUT2D eigenvalue weighted by Crippen LogP contribution is -2.39. The number of nitrogens with zero attached hydrogens (tertiary/aromatic N) is 3. The van der Waals surface area contributed by atoms with Gasteiger partial charge in [0.15, 0.2) is 5.13 Å². The Balaban J connectivity index is 2.24. The zero-order valence-corrected chi connectivity index (χ0v) is 12.3. The highest BCUT2D eigenvalue weighted by Gasteiger charge is 2.36. The third-order valence-electron chi connectivity index (χ3n) is 3.55. The number of hydrogen-bond acceptors (Lipinski definition) is 6. The lowest BCUT2D eigenvalue weighted by molar-refractivity contribution is 0.0654. The number of aliphatic hydroxyl groups excluding tert-OH is 1. The third kappa shape index (κ3) is 2.52. The van der Waals surface area contributed by atoms with Gasteiger partial charge < -0.3 is 20.6 Å². The van der Waals surface area contributed by atoms with Crippen molar-refractivity contribution >= 4 is 28.2 Å². The van der Waals surface area contributed by atoms with Crippen molar-refractivity contribution in [3.8, 4) is 0 Å². The number of carbonyl (C=O) groups excluding carboxylic acids is 1. The minimum atomic E-state index is -0.119. The highest BCUT2D eigenvalue weighted by atomic mass is 32.1. The first-order valence-corrected chi connectivity index (χ1v) is 7.12. The number of nitrogens with two attached hydrogens (primary N) is 1. The maximum Gasteiger partial charge on any atom is 0.268 e. The lowest BCUT2D eigenvalue weighted by atomic mass is 10.0. The molecule has 3 N–H and O–H groups in total. The van der Waals surface area contributed by atoms with Crippen LogP contribution in [0.4, 0.5) is 10.9 Å². The number of likely N-dealkylation sites (tertiary alicyclic amines) is 1. The van der Waals surface area contributed by atoms with E-state index in [4.69, 9.17) is 5.73 Å². The van der Waals surface area contributed by atoms with Gasteiger partial charge in [0.05, 0.1) is 12.6 Å². The molecule has 19 heavy (non-hydrogen) atoms. The average molecular weight is 284 g/mol. The SMILES string of the molecule is CC1CCN(C(=O)c2sc(N(C)C)nc2N)C1CO. The predicted octanol–water partition coefficient (Wildman–Crippen LogP) is 0.634. The molecule has 106 valence electrons. The molecule has 1 saturated heterocycles. The Hall–Kier alpha value is -1.34. The molecular weight excluding hydrogens is 264 g/mol. The average Bonchev–Trinajstić information content (AvgIpc) is 2.91. The number of thiazole rings is 1. The van der Waals surface area contributed by atoms with E-state index < -0.39 is 0 Å². The molecule has 1 fully saturated rings.